The van der Waals surface area contributed by atoms with Gasteiger partial charge in [-0.3, -0.25) is 9.59 Å². The van der Waals surface area contributed by atoms with E-state index in [1.807, 2.05) is 38.1 Å². The van der Waals surface area contributed by atoms with Gasteiger partial charge in [-0.25, -0.2) is 0 Å². The maximum atomic E-state index is 13.0. The number of anilines is 1. The standard InChI is InChI=1S/C19H25NO3/c1-5-23-14-8-6-13(7-9-14)20-16(22)19-11-10-18(4,15(21)12-19)17(19,2)3/h6-9H,5,10-12H2,1-4H3,(H,20,22)/t18-,19+/m0/s1. The van der Waals surface area contributed by atoms with Gasteiger partial charge >= 0.3 is 0 Å². The molecule has 23 heavy (non-hydrogen) atoms. The number of ketones is 1. The van der Waals surface area contributed by atoms with Gasteiger partial charge in [-0.2, -0.15) is 0 Å². The van der Waals surface area contributed by atoms with Gasteiger partial charge in [0.25, 0.3) is 0 Å². The highest BCUT2D eigenvalue weighted by Gasteiger charge is 2.72. The summed E-state index contributed by atoms with van der Waals surface area (Å²) in [5.74, 6) is 0.991. The molecule has 1 amide bonds. The first-order valence-corrected chi connectivity index (χ1v) is 8.34. The average molecular weight is 315 g/mol. The fourth-order valence-corrected chi connectivity index (χ4v) is 4.41. The van der Waals surface area contributed by atoms with Crippen LogP contribution >= 0.6 is 0 Å². The highest BCUT2D eigenvalue weighted by atomic mass is 16.5. The lowest BCUT2D eigenvalue weighted by Gasteiger charge is -2.38. The number of amides is 1. The summed E-state index contributed by atoms with van der Waals surface area (Å²) in [7, 11) is 0. The van der Waals surface area contributed by atoms with E-state index in [9.17, 15) is 9.59 Å². The normalized spacial score (nSPS) is 31.2. The third-order valence-electron chi connectivity index (χ3n) is 6.56. The molecule has 2 fully saturated rings. The number of rotatable bonds is 4. The van der Waals surface area contributed by atoms with Crippen molar-refractivity contribution in [3.05, 3.63) is 24.3 Å². The Morgan fingerprint density at radius 1 is 1.17 bits per heavy atom. The van der Waals surface area contributed by atoms with E-state index in [-0.39, 0.29) is 22.5 Å². The topological polar surface area (TPSA) is 55.4 Å². The highest BCUT2D eigenvalue weighted by molar-refractivity contribution is 6.04. The molecule has 0 spiro atoms. The number of nitrogens with one attached hydrogen (secondary N) is 1. The Morgan fingerprint density at radius 2 is 1.83 bits per heavy atom. The summed E-state index contributed by atoms with van der Waals surface area (Å²) in [5, 5.41) is 3.02. The molecular formula is C19H25NO3. The van der Waals surface area contributed by atoms with Crippen molar-refractivity contribution in [3.63, 3.8) is 0 Å². The molecule has 0 unspecified atom stereocenters. The number of fused-ring (bicyclic) bond motifs is 2. The number of benzene rings is 1. The van der Waals surface area contributed by atoms with Crippen LogP contribution in [0.5, 0.6) is 5.75 Å². The van der Waals surface area contributed by atoms with E-state index in [4.69, 9.17) is 4.74 Å². The van der Waals surface area contributed by atoms with Crippen LogP contribution < -0.4 is 10.1 Å². The van der Waals surface area contributed by atoms with Gasteiger partial charge in [-0.1, -0.05) is 20.8 Å². The van der Waals surface area contributed by atoms with Crippen molar-refractivity contribution in [2.24, 2.45) is 16.2 Å². The van der Waals surface area contributed by atoms with Crippen LogP contribution in [-0.4, -0.2) is 18.3 Å². The zero-order chi connectivity index (χ0) is 16.9. The van der Waals surface area contributed by atoms with Gasteiger partial charge in [0, 0.05) is 17.5 Å². The van der Waals surface area contributed by atoms with E-state index < -0.39 is 5.41 Å². The van der Waals surface area contributed by atoms with Gasteiger partial charge in [0.1, 0.15) is 11.5 Å². The first-order chi connectivity index (χ1) is 10.8. The van der Waals surface area contributed by atoms with Crippen LogP contribution in [-0.2, 0) is 9.59 Å². The van der Waals surface area contributed by atoms with Crippen LogP contribution in [0.4, 0.5) is 5.69 Å². The zero-order valence-electron chi connectivity index (χ0n) is 14.4. The molecule has 2 aliphatic carbocycles. The molecule has 2 bridgehead atoms. The van der Waals surface area contributed by atoms with Crippen LogP contribution in [0.15, 0.2) is 24.3 Å². The summed E-state index contributed by atoms with van der Waals surface area (Å²) < 4.78 is 5.42. The summed E-state index contributed by atoms with van der Waals surface area (Å²) in [6.07, 6.45) is 1.94. The molecule has 4 nitrogen and oxygen atoms in total. The second kappa shape index (κ2) is 5.08. The molecule has 1 N–H and O–H groups in total. The molecular weight excluding hydrogens is 290 g/mol. The predicted octanol–water partition coefficient (Wildman–Crippen LogP) is 3.81. The molecule has 0 saturated heterocycles. The Bertz CT molecular complexity index is 649. The molecule has 0 aromatic heterocycles. The fourth-order valence-electron chi connectivity index (χ4n) is 4.41. The molecule has 124 valence electrons. The molecule has 2 aliphatic rings. The number of ether oxygens (including phenoxy) is 1. The highest BCUT2D eigenvalue weighted by Crippen LogP contribution is 2.70. The smallest absolute Gasteiger partial charge is 0.231 e. The van der Waals surface area contributed by atoms with Gasteiger partial charge in [-0.15, -0.1) is 0 Å². The minimum absolute atomic E-state index is 0.0266. The van der Waals surface area contributed by atoms with Gasteiger partial charge < -0.3 is 10.1 Å². The minimum atomic E-state index is -0.586. The molecule has 1 aromatic carbocycles. The van der Waals surface area contributed by atoms with Gasteiger partial charge in [0.05, 0.1) is 12.0 Å². The Kier molecular flexibility index (Phi) is 3.54. The van der Waals surface area contributed by atoms with Crippen LogP contribution in [0, 0.1) is 16.2 Å². The first-order valence-electron chi connectivity index (χ1n) is 8.34. The SMILES string of the molecule is CCOc1ccc(NC(=O)[C@@]23CC[C@@](C)(C(=O)C2)C3(C)C)cc1. The molecule has 2 saturated carbocycles. The maximum Gasteiger partial charge on any atom is 0.231 e. The van der Waals surface area contributed by atoms with Crippen LogP contribution in [0.3, 0.4) is 0 Å². The zero-order valence-corrected chi connectivity index (χ0v) is 14.4. The lowest BCUT2D eigenvalue weighted by atomic mass is 9.64. The monoisotopic (exact) mass is 315 g/mol. The third-order valence-corrected chi connectivity index (χ3v) is 6.56. The van der Waals surface area contributed by atoms with E-state index in [0.29, 0.717) is 13.0 Å². The van der Waals surface area contributed by atoms with Crippen molar-refractivity contribution < 1.29 is 14.3 Å². The lowest BCUT2D eigenvalue weighted by Crippen LogP contribution is -2.43. The predicted molar refractivity (Wildman–Crippen MR) is 89.4 cm³/mol. The Hall–Kier alpha value is -1.84. The van der Waals surface area contributed by atoms with Gasteiger partial charge in [-0.05, 0) is 49.4 Å². The molecule has 0 heterocycles. The number of carbonyl (C=O) groups is 2. The van der Waals surface area contributed by atoms with Gasteiger partial charge in [0.15, 0.2) is 0 Å². The molecule has 3 rings (SSSR count). The second-order valence-corrected chi connectivity index (χ2v) is 7.55. The Morgan fingerprint density at radius 3 is 2.30 bits per heavy atom. The number of carbonyl (C=O) groups excluding carboxylic acids is 2. The Balaban J connectivity index is 1.82. The minimum Gasteiger partial charge on any atom is -0.494 e. The summed E-state index contributed by atoms with van der Waals surface area (Å²) in [6, 6.07) is 7.38. The van der Waals surface area contributed by atoms with E-state index in [1.165, 1.54) is 0 Å². The van der Waals surface area contributed by atoms with Crippen molar-refractivity contribution >= 4 is 17.4 Å². The summed E-state index contributed by atoms with van der Waals surface area (Å²) in [6.45, 7) is 8.72. The van der Waals surface area contributed by atoms with E-state index in [1.54, 1.807) is 0 Å². The maximum absolute atomic E-state index is 13.0. The summed E-state index contributed by atoms with van der Waals surface area (Å²) in [5.41, 5.74) is -0.524. The number of Topliss-reactive ketones (excluding diaryl/α,β-unsaturated/α-hetero) is 1. The summed E-state index contributed by atoms with van der Waals surface area (Å²) in [4.78, 5) is 25.5. The number of hydrogen-bond donors (Lipinski definition) is 1. The van der Waals surface area contributed by atoms with Crippen LogP contribution in [0.25, 0.3) is 0 Å². The third kappa shape index (κ3) is 2.03. The van der Waals surface area contributed by atoms with Crippen molar-refractivity contribution in [1.29, 1.82) is 0 Å². The van der Waals surface area contributed by atoms with Crippen molar-refractivity contribution in [1.82, 2.24) is 0 Å². The Labute approximate surface area is 137 Å². The molecule has 0 aliphatic heterocycles. The lowest BCUT2D eigenvalue weighted by molar-refractivity contribution is -0.131. The molecule has 1 aromatic rings. The average Bonchev–Trinajstić information content (AvgIpc) is 2.80. The van der Waals surface area contributed by atoms with Crippen LogP contribution in [0.2, 0.25) is 0 Å². The summed E-state index contributed by atoms with van der Waals surface area (Å²) >= 11 is 0. The fraction of sp³-hybridized carbons (Fsp3) is 0.579. The number of hydrogen-bond acceptors (Lipinski definition) is 3. The van der Waals surface area contributed by atoms with E-state index >= 15 is 0 Å². The van der Waals surface area contributed by atoms with E-state index in [0.717, 1.165) is 24.3 Å². The first kappa shape index (κ1) is 16.0. The van der Waals surface area contributed by atoms with Crippen molar-refractivity contribution in [2.45, 2.75) is 47.0 Å². The molecule has 2 atom stereocenters. The van der Waals surface area contributed by atoms with Crippen molar-refractivity contribution in [3.8, 4) is 5.75 Å². The quantitative estimate of drug-likeness (QED) is 0.919. The molecule has 4 heteroatoms. The molecule has 0 radical (unpaired) electrons. The van der Waals surface area contributed by atoms with Crippen LogP contribution in [0.1, 0.15) is 47.0 Å². The van der Waals surface area contributed by atoms with Gasteiger partial charge in [0.2, 0.25) is 5.91 Å². The second-order valence-electron chi connectivity index (χ2n) is 7.55. The van der Waals surface area contributed by atoms with E-state index in [2.05, 4.69) is 19.2 Å². The largest absolute Gasteiger partial charge is 0.494 e. The van der Waals surface area contributed by atoms with Crippen molar-refractivity contribution in [2.75, 3.05) is 11.9 Å².